The van der Waals surface area contributed by atoms with Crippen LogP contribution in [0.15, 0.2) is 70.0 Å². The number of halogens is 2. The number of likely N-dealkylation sites (tertiary alicyclic amines) is 1. The lowest BCUT2D eigenvalue weighted by atomic mass is 10.1. The molecule has 86 heavy (non-hydrogen) atoms. The smallest absolute Gasteiger partial charge is 0.317 e. The third-order valence-electron chi connectivity index (χ3n) is 14.3. The summed E-state index contributed by atoms with van der Waals surface area (Å²) in [6.07, 6.45) is 12.1. The van der Waals surface area contributed by atoms with Crippen molar-refractivity contribution < 1.29 is 61.7 Å². The molecule has 0 spiro atoms. The number of pyridine rings is 1. The molecule has 3 aliphatic rings. The van der Waals surface area contributed by atoms with Crippen molar-refractivity contribution >= 4 is 72.1 Å². The number of alkyl halides is 2. The number of carboxylic acids is 1. The van der Waals surface area contributed by atoms with E-state index in [9.17, 15) is 47.4 Å². The van der Waals surface area contributed by atoms with Crippen LogP contribution in [0.3, 0.4) is 0 Å². The van der Waals surface area contributed by atoms with E-state index in [2.05, 4.69) is 58.0 Å². The summed E-state index contributed by atoms with van der Waals surface area (Å²) in [5, 5.41) is 28.5. The van der Waals surface area contributed by atoms with Gasteiger partial charge in [-0.05, 0) is 43.2 Å². The fraction of sp³-hybridized carbons (Fsp3) is 0.526. The Morgan fingerprint density at radius 1 is 0.814 bits per heavy atom. The molecule has 27 nitrogen and oxygen atoms in total. The molecule has 2 aromatic carbocycles. The van der Waals surface area contributed by atoms with Crippen LogP contribution in [0.5, 0.6) is 5.75 Å². The summed E-state index contributed by atoms with van der Waals surface area (Å²) >= 11 is 0. The van der Waals surface area contributed by atoms with Gasteiger partial charge in [0.1, 0.15) is 25.9 Å². The predicted molar refractivity (Wildman–Crippen MR) is 315 cm³/mol. The van der Waals surface area contributed by atoms with Crippen molar-refractivity contribution in [1.29, 1.82) is 0 Å². The largest absolute Gasteiger partial charge is 0.494 e. The van der Waals surface area contributed by atoms with E-state index in [-0.39, 0.29) is 70.0 Å². The van der Waals surface area contributed by atoms with E-state index in [4.69, 9.17) is 20.6 Å². The molecule has 1 unspecified atom stereocenters. The minimum atomic E-state index is -3.10. The minimum Gasteiger partial charge on any atom is -0.494 e. The van der Waals surface area contributed by atoms with Gasteiger partial charge in [-0.2, -0.15) is 15.3 Å². The van der Waals surface area contributed by atoms with E-state index in [1.54, 1.807) is 35.5 Å². The lowest BCUT2D eigenvalue weighted by Crippen LogP contribution is -2.50. The number of amides is 4. The highest BCUT2D eigenvalue weighted by Crippen LogP contribution is 2.31. The van der Waals surface area contributed by atoms with E-state index >= 15 is 0 Å². The Kier molecular flexibility index (Phi) is 27.7. The van der Waals surface area contributed by atoms with Crippen LogP contribution in [0.25, 0.3) is 10.9 Å². The fourth-order valence-corrected chi connectivity index (χ4v) is 9.58. The normalized spacial score (nSPS) is 18.2. The van der Waals surface area contributed by atoms with Crippen LogP contribution in [0.2, 0.25) is 0 Å². The summed E-state index contributed by atoms with van der Waals surface area (Å²) in [6, 6.07) is 12.9. The number of hydrazone groups is 3. The van der Waals surface area contributed by atoms with Gasteiger partial charge < -0.3 is 45.2 Å². The summed E-state index contributed by atoms with van der Waals surface area (Å²) < 4.78 is 44.0. The number of fused-ring (bicyclic) bond motifs is 1. The summed E-state index contributed by atoms with van der Waals surface area (Å²) in [4.78, 5) is 104. The first-order valence-corrected chi connectivity index (χ1v) is 28.4. The molecular weight excluding hydrogens is 1120 g/mol. The number of aliphatic carboxylic acids is 1. The summed E-state index contributed by atoms with van der Waals surface area (Å²) in [7, 11) is 0. The third kappa shape index (κ3) is 23.6. The Bertz CT molecular complexity index is 2820. The van der Waals surface area contributed by atoms with Crippen LogP contribution in [0.1, 0.15) is 47.2 Å². The Hall–Kier alpha value is -8.43. The van der Waals surface area contributed by atoms with Gasteiger partial charge in [-0.15, -0.1) is 6.42 Å². The van der Waals surface area contributed by atoms with E-state index in [1.807, 2.05) is 50.8 Å². The van der Waals surface area contributed by atoms with E-state index in [1.165, 1.54) is 18.5 Å². The van der Waals surface area contributed by atoms with Gasteiger partial charge >= 0.3 is 5.97 Å². The second-order valence-corrected chi connectivity index (χ2v) is 20.7. The predicted octanol–water partition coefficient (Wildman–Crippen LogP) is -0.380. The summed E-state index contributed by atoms with van der Waals surface area (Å²) in [6.45, 7) is 8.07. The maximum atomic E-state index is 14.0. The average Bonchev–Trinajstić information content (AvgIpc) is 3.18. The van der Waals surface area contributed by atoms with Crippen LogP contribution < -0.4 is 31.6 Å². The number of rotatable bonds is 31. The molecule has 3 aromatic rings. The van der Waals surface area contributed by atoms with Crippen LogP contribution in [-0.2, 0) is 38.2 Å². The van der Waals surface area contributed by atoms with Gasteiger partial charge in [0.2, 0.25) is 17.7 Å². The molecule has 0 aliphatic carbocycles. The maximum absolute atomic E-state index is 14.0. The average molecular weight is 1200 g/mol. The van der Waals surface area contributed by atoms with E-state index in [0.29, 0.717) is 121 Å². The zero-order valence-electron chi connectivity index (χ0n) is 48.4. The Labute approximate surface area is 498 Å². The molecule has 2 atom stereocenters. The van der Waals surface area contributed by atoms with Gasteiger partial charge in [0.15, 0.2) is 0 Å². The zero-order chi connectivity index (χ0) is 61.5. The molecular formula is C57H78F2N16O11. The molecule has 6 rings (SSSR count). The standard InChI is InChI=1S/C57H78F2N16O11/c1-3-47-32-57(58,59)38-75(47)54(80)35-61-56(83)49-12-14-60-51-10-9-48(31-50(49)51)86-30-4-17-69-26-28-74(29-27-69)53(79)13-16-62-65-34-46(11-15-63-66-39-67-64-33-45-7-5-44(2)6-8-45)68-52(78)36-70-18-19-71(37-55(81)82)21-23-73(41-85-43-77)25-24-72(22-20-70)40-84-42-76/h1,5-10,12,14-15,31,33-34,42-43,46-47,62,66-67H,4,11,13,16-30,32,35-41H2,2H3,(H,61,83)(H,68,78)(H,81,82)/b63-15+,64-33+,65-34-/t46?,47-/m0/s1. The lowest BCUT2D eigenvalue weighted by molar-refractivity contribution is -0.139. The second kappa shape index (κ2) is 35.8. The summed E-state index contributed by atoms with van der Waals surface area (Å²) in [5.41, 5.74) is 11.5. The fourth-order valence-electron chi connectivity index (χ4n) is 9.58. The van der Waals surface area contributed by atoms with Gasteiger partial charge in [-0.25, -0.2) is 8.78 Å². The van der Waals surface area contributed by atoms with Crippen LogP contribution in [0, 0.1) is 19.3 Å². The van der Waals surface area contributed by atoms with Gasteiger partial charge in [0, 0.05) is 135 Å². The highest BCUT2D eigenvalue weighted by Gasteiger charge is 2.46. The Morgan fingerprint density at radius 3 is 2.13 bits per heavy atom. The molecule has 0 saturated carbocycles. The lowest BCUT2D eigenvalue weighted by Gasteiger charge is -2.34. The first-order chi connectivity index (χ1) is 41.6. The number of benzene rings is 2. The molecule has 4 heterocycles. The van der Waals surface area contributed by atoms with Gasteiger partial charge in [-0.1, -0.05) is 35.7 Å². The van der Waals surface area contributed by atoms with E-state index in [0.717, 1.165) is 22.6 Å². The molecule has 3 saturated heterocycles. The van der Waals surface area contributed by atoms with Crippen LogP contribution in [0.4, 0.5) is 8.78 Å². The Balaban J connectivity index is 0.952. The van der Waals surface area contributed by atoms with Crippen molar-refractivity contribution in [1.82, 2.24) is 66.2 Å². The number of nitrogens with zero attached hydrogens (tertiary/aromatic N) is 11. The van der Waals surface area contributed by atoms with Crippen molar-refractivity contribution in [3.63, 3.8) is 0 Å². The SMILES string of the molecule is C#C[C@H]1CC(F)(F)CN1C(=O)CNC(=O)c1ccnc2ccc(OCCCN3CCN(C(=O)CCN/N=C\C(C/C=N/NCN/N=C/c4ccc(C)cc4)NC(=O)CN4CCN(COC=O)CCN(COC=O)CCN(CC(=O)O)CC4)CC3)cc12. The molecule has 466 valence electrons. The number of carbonyl (C=O) groups is 7. The van der Waals surface area contributed by atoms with Crippen molar-refractivity contribution in [3.8, 4) is 18.1 Å². The maximum Gasteiger partial charge on any atom is 0.317 e. The number of carboxylic acid groups (broad SMARTS) is 1. The van der Waals surface area contributed by atoms with Gasteiger partial charge in [0.25, 0.3) is 24.8 Å². The second-order valence-electron chi connectivity index (χ2n) is 20.7. The number of aryl methyl sites for hydroxylation is 1. The number of terminal acetylenes is 1. The Morgan fingerprint density at radius 2 is 1.47 bits per heavy atom. The van der Waals surface area contributed by atoms with Crippen LogP contribution in [-0.4, -0.2) is 268 Å². The molecule has 0 radical (unpaired) electrons. The van der Waals surface area contributed by atoms with Crippen molar-refractivity contribution in [3.05, 3.63) is 71.4 Å². The molecule has 3 aliphatic heterocycles. The minimum absolute atomic E-state index is 0.00285. The topological polar surface area (TPSA) is 300 Å². The zero-order valence-corrected chi connectivity index (χ0v) is 48.4. The van der Waals surface area contributed by atoms with E-state index < -0.39 is 55.3 Å². The molecule has 4 amide bonds. The van der Waals surface area contributed by atoms with Crippen molar-refractivity contribution in [2.75, 3.05) is 145 Å². The van der Waals surface area contributed by atoms with Gasteiger partial charge in [-0.3, -0.25) is 73.9 Å². The van der Waals surface area contributed by atoms with Crippen molar-refractivity contribution in [2.45, 2.75) is 50.6 Å². The first kappa shape index (κ1) is 66.7. The number of carbonyl (C=O) groups excluding carboxylic acids is 6. The van der Waals surface area contributed by atoms with Gasteiger partial charge in [0.05, 0.1) is 62.2 Å². The highest BCUT2D eigenvalue weighted by atomic mass is 19.3. The van der Waals surface area contributed by atoms with Crippen LogP contribution >= 0.6 is 0 Å². The number of hydrogen-bond donors (Lipinski definition) is 6. The quantitative estimate of drug-likeness (QED) is 0.0120. The number of piperazine rings is 1. The number of ether oxygens (including phenoxy) is 3. The first-order valence-electron chi connectivity index (χ1n) is 28.4. The number of hydrogen-bond acceptors (Lipinski definition) is 22. The molecule has 6 N–H and O–H groups in total. The molecule has 3 fully saturated rings. The number of nitrogens with one attached hydrogen (secondary N) is 5. The molecule has 1 aromatic heterocycles. The third-order valence-corrected chi connectivity index (χ3v) is 14.3. The number of aromatic nitrogens is 1. The molecule has 0 bridgehead atoms. The monoisotopic (exact) mass is 1200 g/mol. The molecule has 29 heteroatoms. The highest BCUT2D eigenvalue weighted by molar-refractivity contribution is 6.07. The summed E-state index contributed by atoms with van der Waals surface area (Å²) in [5.74, 6) is -3.03. The van der Waals surface area contributed by atoms with Crippen molar-refractivity contribution in [2.24, 2.45) is 15.3 Å².